The number of aliphatic hydroxyl groups is 1. The third kappa shape index (κ3) is 4.80. The largest absolute Gasteiger partial charge is 0.453 e. The van der Waals surface area contributed by atoms with Crippen molar-refractivity contribution in [1.29, 1.82) is 0 Å². The number of alkyl halides is 3. The Kier molecular flexibility index (Phi) is 6.32. The van der Waals surface area contributed by atoms with Crippen LogP contribution in [0.5, 0.6) is 0 Å². The molecule has 3 N–H and O–H groups in total. The standard InChI is InChI=1S/C17H17F3N2O5S/c1-27-15(23)22-13-7-9-14(10-8-13)28(25,26)21-11-16(24,17(18,19)20)12-5-3-2-4-6-12/h2-10,21,24H,11H2,1H3,(H,22,23)/t16-/m0/s1. The van der Waals surface area contributed by atoms with E-state index in [-0.39, 0.29) is 10.6 Å². The van der Waals surface area contributed by atoms with Crippen molar-refractivity contribution in [3.8, 4) is 0 Å². The van der Waals surface area contributed by atoms with Crippen LogP contribution in [0.15, 0.2) is 59.5 Å². The Morgan fingerprint density at radius 1 is 1.07 bits per heavy atom. The van der Waals surface area contributed by atoms with Crippen molar-refractivity contribution < 1.29 is 36.2 Å². The maximum atomic E-state index is 13.4. The highest BCUT2D eigenvalue weighted by atomic mass is 32.2. The molecule has 0 aliphatic carbocycles. The van der Waals surface area contributed by atoms with Gasteiger partial charge in [0.2, 0.25) is 10.0 Å². The van der Waals surface area contributed by atoms with Crippen LogP contribution in [0, 0.1) is 0 Å². The maximum Gasteiger partial charge on any atom is 0.422 e. The third-order valence-electron chi connectivity index (χ3n) is 3.83. The van der Waals surface area contributed by atoms with Gasteiger partial charge < -0.3 is 9.84 Å². The second kappa shape index (κ2) is 8.17. The number of sulfonamides is 1. The highest BCUT2D eigenvalue weighted by Gasteiger charge is 2.55. The van der Waals surface area contributed by atoms with E-state index in [2.05, 4.69) is 10.1 Å². The minimum absolute atomic E-state index is 0.224. The highest BCUT2D eigenvalue weighted by Crippen LogP contribution is 2.38. The third-order valence-corrected chi connectivity index (χ3v) is 5.25. The molecule has 2 aromatic rings. The monoisotopic (exact) mass is 418 g/mol. The summed E-state index contributed by atoms with van der Waals surface area (Å²) in [6.07, 6.45) is -5.89. The number of methoxy groups -OCH3 is 1. The van der Waals surface area contributed by atoms with E-state index in [9.17, 15) is 31.5 Å². The lowest BCUT2D eigenvalue weighted by Gasteiger charge is -2.31. The molecular formula is C17H17F3N2O5S. The van der Waals surface area contributed by atoms with Gasteiger partial charge in [0.05, 0.1) is 18.6 Å². The molecule has 0 fully saturated rings. The lowest BCUT2D eigenvalue weighted by Crippen LogP contribution is -2.51. The molecular weight excluding hydrogens is 401 g/mol. The first-order chi connectivity index (χ1) is 13.0. The molecule has 0 aliphatic rings. The summed E-state index contributed by atoms with van der Waals surface area (Å²) in [6, 6.07) is 10.8. The SMILES string of the molecule is COC(=O)Nc1ccc(S(=O)(=O)NC[C@](O)(c2ccccc2)C(F)(F)F)cc1. The van der Waals surface area contributed by atoms with Crippen molar-refractivity contribution in [3.63, 3.8) is 0 Å². The number of nitrogens with one attached hydrogen (secondary N) is 2. The van der Waals surface area contributed by atoms with Gasteiger partial charge in [-0.25, -0.2) is 17.9 Å². The number of benzene rings is 2. The summed E-state index contributed by atoms with van der Waals surface area (Å²) in [5.41, 5.74) is -3.68. The lowest BCUT2D eigenvalue weighted by atomic mass is 9.93. The van der Waals surface area contributed by atoms with Crippen molar-refractivity contribution in [2.24, 2.45) is 0 Å². The molecule has 0 saturated heterocycles. The first-order valence-electron chi connectivity index (χ1n) is 7.79. The van der Waals surface area contributed by atoms with E-state index >= 15 is 0 Å². The number of carbonyl (C=O) groups is 1. The average Bonchev–Trinajstić information content (AvgIpc) is 2.66. The van der Waals surface area contributed by atoms with Crippen LogP contribution in [0.2, 0.25) is 0 Å². The topological polar surface area (TPSA) is 105 Å². The first-order valence-corrected chi connectivity index (χ1v) is 9.27. The zero-order chi connectivity index (χ0) is 21.0. The Bertz CT molecular complexity index is 918. The Balaban J connectivity index is 2.22. The molecule has 0 aromatic heterocycles. The number of halogens is 3. The van der Waals surface area contributed by atoms with Crippen LogP contribution in [0.3, 0.4) is 0 Å². The zero-order valence-electron chi connectivity index (χ0n) is 14.5. The van der Waals surface area contributed by atoms with Crippen molar-refractivity contribution in [1.82, 2.24) is 4.72 Å². The minimum Gasteiger partial charge on any atom is -0.453 e. The molecule has 0 spiro atoms. The number of hydrogen-bond donors (Lipinski definition) is 3. The van der Waals surface area contributed by atoms with Crippen LogP contribution in [0.4, 0.5) is 23.7 Å². The zero-order valence-corrected chi connectivity index (χ0v) is 15.3. The predicted molar refractivity (Wildman–Crippen MR) is 94.1 cm³/mol. The molecule has 0 radical (unpaired) electrons. The molecule has 1 atom stereocenters. The van der Waals surface area contributed by atoms with Gasteiger partial charge in [0.15, 0.2) is 5.60 Å². The van der Waals surface area contributed by atoms with E-state index in [0.29, 0.717) is 0 Å². The van der Waals surface area contributed by atoms with E-state index in [0.717, 1.165) is 31.4 Å². The van der Waals surface area contributed by atoms with E-state index in [1.165, 1.54) is 30.3 Å². The number of ether oxygens (including phenoxy) is 1. The summed E-state index contributed by atoms with van der Waals surface area (Å²) < 4.78 is 71.1. The number of rotatable bonds is 6. The normalized spacial score (nSPS) is 14.2. The molecule has 0 bridgehead atoms. The molecule has 11 heteroatoms. The van der Waals surface area contributed by atoms with Crippen molar-refractivity contribution in [2.45, 2.75) is 16.7 Å². The van der Waals surface area contributed by atoms with E-state index in [1.54, 1.807) is 4.72 Å². The molecule has 0 heterocycles. The van der Waals surface area contributed by atoms with Crippen molar-refractivity contribution in [3.05, 3.63) is 60.2 Å². The lowest BCUT2D eigenvalue weighted by molar-refractivity contribution is -0.263. The fourth-order valence-corrected chi connectivity index (χ4v) is 3.31. The molecule has 2 rings (SSSR count). The predicted octanol–water partition coefficient (Wildman–Crippen LogP) is 2.59. The second-order valence-electron chi connectivity index (χ2n) is 5.69. The van der Waals surface area contributed by atoms with Crippen LogP contribution in [-0.2, 0) is 20.4 Å². The molecule has 28 heavy (non-hydrogen) atoms. The smallest absolute Gasteiger partial charge is 0.422 e. The van der Waals surface area contributed by atoms with Crippen LogP contribution in [-0.4, -0.2) is 39.4 Å². The average molecular weight is 418 g/mol. The van der Waals surface area contributed by atoms with Gasteiger partial charge in [0.25, 0.3) is 0 Å². The number of hydrogen-bond acceptors (Lipinski definition) is 5. The Labute approximate surface area is 159 Å². The van der Waals surface area contributed by atoms with Gasteiger partial charge in [-0.15, -0.1) is 0 Å². The minimum atomic E-state index is -5.12. The van der Waals surface area contributed by atoms with E-state index in [4.69, 9.17) is 0 Å². The van der Waals surface area contributed by atoms with Gasteiger partial charge in [0.1, 0.15) is 0 Å². The summed E-state index contributed by atoms with van der Waals surface area (Å²) in [4.78, 5) is 10.8. The number of amides is 1. The van der Waals surface area contributed by atoms with Gasteiger partial charge in [-0.3, -0.25) is 5.32 Å². The van der Waals surface area contributed by atoms with Crippen LogP contribution in [0.1, 0.15) is 5.56 Å². The van der Waals surface area contributed by atoms with Gasteiger partial charge >= 0.3 is 12.3 Å². The summed E-state index contributed by atoms with van der Waals surface area (Å²) in [5, 5.41) is 12.5. The second-order valence-corrected chi connectivity index (χ2v) is 7.46. The molecule has 1 amide bonds. The van der Waals surface area contributed by atoms with Crippen LogP contribution >= 0.6 is 0 Å². The van der Waals surface area contributed by atoms with Crippen molar-refractivity contribution >= 4 is 21.8 Å². The number of carbonyl (C=O) groups excluding carboxylic acids is 1. The van der Waals surface area contributed by atoms with Crippen molar-refractivity contribution in [2.75, 3.05) is 19.0 Å². The van der Waals surface area contributed by atoms with Crippen LogP contribution < -0.4 is 10.0 Å². The Morgan fingerprint density at radius 3 is 2.14 bits per heavy atom. The van der Waals surface area contributed by atoms with E-state index < -0.39 is 40.0 Å². The van der Waals surface area contributed by atoms with Gasteiger partial charge in [0, 0.05) is 5.69 Å². The van der Waals surface area contributed by atoms with Gasteiger partial charge in [-0.05, 0) is 29.8 Å². The summed E-state index contributed by atoms with van der Waals surface area (Å²) in [5.74, 6) is 0. The summed E-state index contributed by atoms with van der Waals surface area (Å²) >= 11 is 0. The van der Waals surface area contributed by atoms with Gasteiger partial charge in [-0.1, -0.05) is 30.3 Å². The Morgan fingerprint density at radius 2 is 1.64 bits per heavy atom. The summed E-state index contributed by atoms with van der Waals surface area (Å²) in [6.45, 7) is -1.31. The molecule has 152 valence electrons. The molecule has 0 aliphatic heterocycles. The van der Waals surface area contributed by atoms with Crippen LogP contribution in [0.25, 0.3) is 0 Å². The highest BCUT2D eigenvalue weighted by molar-refractivity contribution is 7.89. The molecule has 7 nitrogen and oxygen atoms in total. The quantitative estimate of drug-likeness (QED) is 0.669. The number of anilines is 1. The fourth-order valence-electron chi connectivity index (χ4n) is 2.25. The maximum absolute atomic E-state index is 13.4. The molecule has 0 unspecified atom stereocenters. The summed E-state index contributed by atoms with van der Waals surface area (Å²) in [7, 11) is -3.22. The van der Waals surface area contributed by atoms with E-state index in [1.807, 2.05) is 0 Å². The fraction of sp³-hybridized carbons (Fsp3) is 0.235. The van der Waals surface area contributed by atoms with Gasteiger partial charge in [-0.2, -0.15) is 13.2 Å². The molecule has 2 aromatic carbocycles. The molecule has 0 saturated carbocycles. The Hall–Kier alpha value is -2.63. The first kappa shape index (κ1) is 21.7.